The molecule has 1 aromatic heterocycles. The number of sulfonamides is 1. The molecule has 0 aliphatic heterocycles. The standard InChI is InChI=1S/C16H14FN5O5S/c1-4-14(23)22(28(26,27)5-2)12-7-13(11(17)6-10(12)8-18)21-16(25)20(3)15(24)9-19-21/h4,6-7,9H,1,5H2,2-3H3. The lowest BCUT2D eigenvalue weighted by Crippen LogP contribution is -2.39. The van der Waals surface area contributed by atoms with Gasteiger partial charge >= 0.3 is 5.69 Å². The Morgan fingerprint density at radius 3 is 2.61 bits per heavy atom. The molecule has 1 heterocycles. The molecular formula is C16H14FN5O5S. The third-order valence-electron chi connectivity index (χ3n) is 3.73. The maximum absolute atomic E-state index is 14.5. The highest BCUT2D eigenvalue weighted by atomic mass is 32.2. The zero-order chi connectivity index (χ0) is 21.2. The Morgan fingerprint density at radius 1 is 1.43 bits per heavy atom. The largest absolute Gasteiger partial charge is 0.352 e. The van der Waals surface area contributed by atoms with Gasteiger partial charge in [0, 0.05) is 7.05 Å². The van der Waals surface area contributed by atoms with Crippen LogP contribution in [0.1, 0.15) is 12.5 Å². The molecule has 0 N–H and O–H groups in total. The average Bonchev–Trinajstić information content (AvgIpc) is 2.67. The van der Waals surface area contributed by atoms with Gasteiger partial charge in [-0.25, -0.2) is 21.9 Å². The summed E-state index contributed by atoms with van der Waals surface area (Å²) in [4.78, 5) is 35.9. The molecule has 0 fully saturated rings. The highest BCUT2D eigenvalue weighted by Crippen LogP contribution is 2.28. The van der Waals surface area contributed by atoms with Crippen LogP contribution in [0.4, 0.5) is 10.1 Å². The van der Waals surface area contributed by atoms with Crippen LogP contribution in [-0.2, 0) is 21.9 Å². The molecule has 2 rings (SSSR count). The van der Waals surface area contributed by atoms with E-state index in [2.05, 4.69) is 11.7 Å². The first kappa shape index (κ1) is 20.7. The molecule has 10 nitrogen and oxygen atoms in total. The van der Waals surface area contributed by atoms with E-state index in [-0.39, 0.29) is 0 Å². The van der Waals surface area contributed by atoms with Gasteiger partial charge in [-0.05, 0) is 25.1 Å². The molecule has 1 amide bonds. The normalized spacial score (nSPS) is 10.9. The molecule has 1 aromatic carbocycles. The minimum atomic E-state index is -4.22. The van der Waals surface area contributed by atoms with E-state index in [0.29, 0.717) is 25.7 Å². The summed E-state index contributed by atoms with van der Waals surface area (Å²) < 4.78 is 40.8. The van der Waals surface area contributed by atoms with Gasteiger partial charge in [0.05, 0.1) is 17.0 Å². The maximum atomic E-state index is 14.5. The number of hydrogen-bond donors (Lipinski definition) is 0. The first-order chi connectivity index (χ1) is 13.1. The highest BCUT2D eigenvalue weighted by Gasteiger charge is 2.30. The van der Waals surface area contributed by atoms with E-state index in [4.69, 9.17) is 0 Å². The Bertz CT molecular complexity index is 1240. The van der Waals surface area contributed by atoms with Gasteiger partial charge in [0.2, 0.25) is 10.0 Å². The van der Waals surface area contributed by atoms with Crippen molar-refractivity contribution in [2.45, 2.75) is 6.92 Å². The summed E-state index contributed by atoms with van der Waals surface area (Å²) in [6, 6.07) is 3.10. The van der Waals surface area contributed by atoms with Gasteiger partial charge in [-0.2, -0.15) is 15.0 Å². The van der Waals surface area contributed by atoms with Crippen molar-refractivity contribution in [3.8, 4) is 11.8 Å². The summed E-state index contributed by atoms with van der Waals surface area (Å²) in [5.41, 5.74) is -3.25. The number of hydrogen-bond acceptors (Lipinski definition) is 7. The van der Waals surface area contributed by atoms with Crippen LogP contribution in [-0.4, -0.2) is 34.4 Å². The molecule has 0 saturated carbocycles. The van der Waals surface area contributed by atoms with Gasteiger partial charge in [0.25, 0.3) is 11.5 Å². The maximum Gasteiger partial charge on any atom is 0.352 e. The molecule has 0 radical (unpaired) electrons. The molecule has 2 aromatic rings. The Labute approximate surface area is 158 Å². The van der Waals surface area contributed by atoms with E-state index < -0.39 is 55.7 Å². The van der Waals surface area contributed by atoms with E-state index in [9.17, 15) is 32.5 Å². The van der Waals surface area contributed by atoms with Crippen LogP contribution in [0.5, 0.6) is 0 Å². The number of amides is 1. The lowest BCUT2D eigenvalue weighted by Gasteiger charge is -2.22. The first-order valence-electron chi connectivity index (χ1n) is 7.67. The zero-order valence-corrected chi connectivity index (χ0v) is 15.6. The summed E-state index contributed by atoms with van der Waals surface area (Å²) in [7, 11) is -3.08. The molecular weight excluding hydrogens is 393 g/mol. The number of nitrogens with zero attached hydrogens (tertiary/aromatic N) is 5. The summed E-state index contributed by atoms with van der Waals surface area (Å²) >= 11 is 0. The fourth-order valence-corrected chi connectivity index (χ4v) is 3.29. The second-order valence-electron chi connectivity index (χ2n) is 5.38. The van der Waals surface area contributed by atoms with Gasteiger partial charge < -0.3 is 0 Å². The summed E-state index contributed by atoms with van der Waals surface area (Å²) in [6.07, 6.45) is 1.47. The van der Waals surface area contributed by atoms with Crippen LogP contribution >= 0.6 is 0 Å². The Hall–Kier alpha value is -3.59. The number of carbonyl (C=O) groups is 1. The number of rotatable bonds is 5. The van der Waals surface area contributed by atoms with Gasteiger partial charge in [0.15, 0.2) is 5.82 Å². The Kier molecular flexibility index (Phi) is 5.60. The van der Waals surface area contributed by atoms with Crippen LogP contribution < -0.4 is 15.6 Å². The fraction of sp³-hybridized carbons (Fsp3) is 0.188. The minimum Gasteiger partial charge on any atom is -0.268 e. The van der Waals surface area contributed by atoms with Gasteiger partial charge in [-0.1, -0.05) is 6.58 Å². The Morgan fingerprint density at radius 2 is 2.07 bits per heavy atom. The van der Waals surface area contributed by atoms with Crippen LogP contribution in [0.25, 0.3) is 5.69 Å². The molecule has 0 bridgehead atoms. The second-order valence-corrected chi connectivity index (χ2v) is 7.48. The highest BCUT2D eigenvalue weighted by molar-refractivity contribution is 7.93. The molecule has 12 heteroatoms. The molecule has 146 valence electrons. The number of halogens is 1. The van der Waals surface area contributed by atoms with Crippen molar-refractivity contribution in [1.82, 2.24) is 14.3 Å². The lowest BCUT2D eigenvalue weighted by molar-refractivity contribution is -0.113. The second kappa shape index (κ2) is 7.57. The van der Waals surface area contributed by atoms with Crippen molar-refractivity contribution in [2.75, 3.05) is 10.1 Å². The third-order valence-corrected chi connectivity index (χ3v) is 5.40. The number of anilines is 1. The number of carbonyl (C=O) groups excluding carboxylic acids is 1. The monoisotopic (exact) mass is 407 g/mol. The predicted octanol–water partition coefficient (Wildman–Crippen LogP) is -0.189. The smallest absolute Gasteiger partial charge is 0.268 e. The van der Waals surface area contributed by atoms with Gasteiger partial charge in [-0.3, -0.25) is 14.2 Å². The summed E-state index contributed by atoms with van der Waals surface area (Å²) in [5.74, 6) is -2.66. The topological polar surface area (TPSA) is 135 Å². The zero-order valence-electron chi connectivity index (χ0n) is 14.8. The van der Waals surface area contributed by atoms with E-state index in [1.54, 1.807) is 6.07 Å². The van der Waals surface area contributed by atoms with E-state index >= 15 is 0 Å². The SMILES string of the molecule is C=CC(=O)N(c1cc(-n2ncc(=O)n(C)c2=O)c(F)cc1C#N)S(=O)(=O)CC. The van der Waals surface area contributed by atoms with E-state index in [1.807, 2.05) is 0 Å². The van der Waals surface area contributed by atoms with Crippen molar-refractivity contribution in [1.29, 1.82) is 5.26 Å². The molecule has 0 aliphatic rings. The third kappa shape index (κ3) is 3.47. The van der Waals surface area contributed by atoms with Crippen molar-refractivity contribution in [2.24, 2.45) is 7.05 Å². The van der Waals surface area contributed by atoms with Crippen molar-refractivity contribution in [3.05, 3.63) is 63.2 Å². The van der Waals surface area contributed by atoms with Crippen molar-refractivity contribution in [3.63, 3.8) is 0 Å². The van der Waals surface area contributed by atoms with Gasteiger partial charge in [-0.15, -0.1) is 0 Å². The molecule has 0 spiro atoms. The molecule has 28 heavy (non-hydrogen) atoms. The molecule has 0 aliphatic carbocycles. The van der Waals surface area contributed by atoms with Crippen molar-refractivity contribution < 1.29 is 17.6 Å². The van der Waals surface area contributed by atoms with Crippen LogP contribution in [0.15, 0.2) is 40.6 Å². The minimum absolute atomic E-state index is 0.300. The van der Waals surface area contributed by atoms with E-state index in [1.165, 1.54) is 6.92 Å². The van der Waals surface area contributed by atoms with Crippen LogP contribution in [0, 0.1) is 17.1 Å². The molecule has 0 unspecified atom stereocenters. The van der Waals surface area contributed by atoms with Crippen LogP contribution in [0.2, 0.25) is 0 Å². The fourth-order valence-electron chi connectivity index (χ4n) is 2.23. The first-order valence-corrected chi connectivity index (χ1v) is 9.28. The van der Waals surface area contributed by atoms with Crippen LogP contribution in [0.3, 0.4) is 0 Å². The quantitative estimate of drug-likeness (QED) is 0.627. The number of nitriles is 1. The van der Waals surface area contributed by atoms with Crippen molar-refractivity contribution >= 4 is 21.6 Å². The molecule has 0 saturated heterocycles. The summed E-state index contributed by atoms with van der Waals surface area (Å²) in [5, 5.41) is 12.8. The summed E-state index contributed by atoms with van der Waals surface area (Å²) in [6.45, 7) is 4.50. The average molecular weight is 407 g/mol. The van der Waals surface area contributed by atoms with E-state index in [0.717, 1.165) is 19.3 Å². The molecule has 0 atom stereocenters. The number of aromatic nitrogens is 3. The number of benzene rings is 1. The van der Waals surface area contributed by atoms with Gasteiger partial charge in [0.1, 0.15) is 18.0 Å². The Balaban J connectivity index is 2.93. The lowest BCUT2D eigenvalue weighted by atomic mass is 10.1. The predicted molar refractivity (Wildman–Crippen MR) is 96.9 cm³/mol.